The number of rotatable bonds is 8. The van der Waals surface area contributed by atoms with Gasteiger partial charge in [0, 0.05) is 17.0 Å². The molecule has 146 valence electrons. The third-order valence-corrected chi connectivity index (χ3v) is 4.50. The van der Waals surface area contributed by atoms with E-state index in [0.29, 0.717) is 30.0 Å². The Morgan fingerprint density at radius 1 is 1.11 bits per heavy atom. The normalized spacial score (nSPS) is 10.7. The molecule has 2 heterocycles. The second-order valence-electron chi connectivity index (χ2n) is 6.41. The van der Waals surface area contributed by atoms with E-state index in [9.17, 15) is 9.59 Å². The molecule has 1 aromatic carbocycles. The van der Waals surface area contributed by atoms with Gasteiger partial charge in [-0.15, -0.1) is 0 Å². The van der Waals surface area contributed by atoms with E-state index in [4.69, 9.17) is 13.9 Å². The minimum Gasteiger partial charge on any atom is -0.494 e. The molecule has 0 aliphatic carbocycles. The maximum atomic E-state index is 12.6. The molecule has 0 atom stereocenters. The fourth-order valence-electron chi connectivity index (χ4n) is 3.03. The summed E-state index contributed by atoms with van der Waals surface area (Å²) in [6, 6.07) is 12.2. The van der Waals surface area contributed by atoms with E-state index < -0.39 is 5.97 Å². The number of carbonyl (C=O) groups excluding carboxylic acids is 2. The van der Waals surface area contributed by atoms with Crippen molar-refractivity contribution in [1.29, 1.82) is 0 Å². The quantitative estimate of drug-likeness (QED) is 0.432. The lowest BCUT2D eigenvalue weighted by Gasteiger charge is -2.08. The molecule has 6 heteroatoms. The number of hydrogen-bond acceptors (Lipinski definition) is 5. The third-order valence-electron chi connectivity index (χ3n) is 4.50. The predicted octanol–water partition coefficient (Wildman–Crippen LogP) is 4.18. The van der Waals surface area contributed by atoms with Crippen molar-refractivity contribution in [2.24, 2.45) is 0 Å². The Morgan fingerprint density at radius 3 is 2.50 bits per heavy atom. The van der Waals surface area contributed by atoms with Crippen LogP contribution in [-0.4, -0.2) is 29.5 Å². The van der Waals surface area contributed by atoms with E-state index in [1.807, 2.05) is 43.5 Å². The third kappa shape index (κ3) is 4.34. The number of benzene rings is 1. The van der Waals surface area contributed by atoms with Crippen molar-refractivity contribution in [2.75, 3.05) is 13.2 Å². The van der Waals surface area contributed by atoms with Gasteiger partial charge in [0.25, 0.3) is 0 Å². The maximum absolute atomic E-state index is 12.6. The predicted molar refractivity (Wildman–Crippen MR) is 104 cm³/mol. The largest absolute Gasteiger partial charge is 0.494 e. The number of esters is 1. The molecule has 28 heavy (non-hydrogen) atoms. The number of nitrogens with zero attached hydrogens (tertiary/aromatic N) is 1. The van der Waals surface area contributed by atoms with Crippen molar-refractivity contribution in [3.63, 3.8) is 0 Å². The molecule has 0 aliphatic rings. The van der Waals surface area contributed by atoms with Gasteiger partial charge in [0.1, 0.15) is 11.5 Å². The number of aromatic nitrogens is 1. The minimum absolute atomic E-state index is 0.238. The highest BCUT2D eigenvalue weighted by molar-refractivity contribution is 6.00. The van der Waals surface area contributed by atoms with Crippen LogP contribution in [-0.2, 0) is 11.3 Å². The van der Waals surface area contributed by atoms with Gasteiger partial charge in [0.2, 0.25) is 5.78 Å². The fraction of sp³-hybridized carbons (Fsp3) is 0.273. The topological polar surface area (TPSA) is 70.7 Å². The van der Waals surface area contributed by atoms with Crippen molar-refractivity contribution >= 4 is 11.8 Å². The summed E-state index contributed by atoms with van der Waals surface area (Å²) in [5.74, 6) is 0.709. The molecule has 0 bridgehead atoms. The van der Waals surface area contributed by atoms with E-state index in [-0.39, 0.29) is 12.4 Å². The lowest BCUT2D eigenvalue weighted by molar-refractivity contribution is 0.0474. The lowest BCUT2D eigenvalue weighted by atomic mass is 10.1. The summed E-state index contributed by atoms with van der Waals surface area (Å²) in [5.41, 5.74) is 2.68. The molecule has 0 fully saturated rings. The number of hydrogen-bond donors (Lipinski definition) is 0. The number of aryl methyl sites for hydroxylation is 1. The van der Waals surface area contributed by atoms with Crippen LogP contribution in [0.15, 0.2) is 53.1 Å². The van der Waals surface area contributed by atoms with Crippen LogP contribution in [0.25, 0.3) is 0 Å². The highest BCUT2D eigenvalue weighted by Crippen LogP contribution is 2.19. The molecule has 6 nitrogen and oxygen atoms in total. The van der Waals surface area contributed by atoms with Crippen LogP contribution in [0.1, 0.15) is 44.8 Å². The maximum Gasteiger partial charge on any atom is 0.338 e. The lowest BCUT2D eigenvalue weighted by Crippen LogP contribution is -2.15. The van der Waals surface area contributed by atoms with Crippen LogP contribution in [0.3, 0.4) is 0 Å². The first-order valence-electron chi connectivity index (χ1n) is 9.12. The first-order valence-corrected chi connectivity index (χ1v) is 9.12. The zero-order valence-corrected chi connectivity index (χ0v) is 16.2. The molecule has 0 unspecified atom stereocenters. The minimum atomic E-state index is -0.541. The van der Waals surface area contributed by atoms with Crippen LogP contribution in [0.4, 0.5) is 0 Å². The van der Waals surface area contributed by atoms with Gasteiger partial charge in [0.05, 0.1) is 25.0 Å². The number of ketones is 1. The molecular weight excluding hydrogens is 358 g/mol. The van der Waals surface area contributed by atoms with Crippen molar-refractivity contribution in [3.05, 3.63) is 77.0 Å². The summed E-state index contributed by atoms with van der Waals surface area (Å²) in [5, 5.41) is 0. The van der Waals surface area contributed by atoms with Gasteiger partial charge in [0.15, 0.2) is 6.61 Å². The van der Waals surface area contributed by atoms with Gasteiger partial charge in [-0.2, -0.15) is 0 Å². The Balaban J connectivity index is 1.64. The van der Waals surface area contributed by atoms with Gasteiger partial charge in [-0.3, -0.25) is 4.79 Å². The average molecular weight is 381 g/mol. The average Bonchev–Trinajstić information content (AvgIpc) is 3.30. The SMILES string of the molecule is CCOc1ccc(C(=O)OCC(=O)c2cc(C)n(Cc3ccco3)c2C)cc1. The van der Waals surface area contributed by atoms with Gasteiger partial charge < -0.3 is 18.5 Å². The van der Waals surface area contributed by atoms with Crippen LogP contribution >= 0.6 is 0 Å². The van der Waals surface area contributed by atoms with E-state index in [0.717, 1.165) is 17.1 Å². The highest BCUT2D eigenvalue weighted by atomic mass is 16.5. The number of carbonyl (C=O) groups is 2. The summed E-state index contributed by atoms with van der Waals surface area (Å²) >= 11 is 0. The summed E-state index contributed by atoms with van der Waals surface area (Å²) in [4.78, 5) is 24.8. The zero-order chi connectivity index (χ0) is 20.1. The number of ether oxygens (including phenoxy) is 2. The second-order valence-corrected chi connectivity index (χ2v) is 6.41. The Kier molecular flexibility index (Phi) is 5.99. The van der Waals surface area contributed by atoms with Crippen molar-refractivity contribution < 1.29 is 23.5 Å². The van der Waals surface area contributed by atoms with Gasteiger partial charge in [-0.25, -0.2) is 4.79 Å². The second kappa shape index (κ2) is 8.61. The van der Waals surface area contributed by atoms with E-state index in [1.165, 1.54) is 0 Å². The standard InChI is InChI=1S/C22H23NO5/c1-4-26-18-9-7-17(8-10-18)22(25)28-14-21(24)20-12-15(2)23(16(20)3)13-19-6-5-11-27-19/h5-12H,4,13-14H2,1-3H3. The van der Waals surface area contributed by atoms with Crippen LogP contribution in [0.5, 0.6) is 5.75 Å². The molecule has 3 rings (SSSR count). The summed E-state index contributed by atoms with van der Waals surface area (Å²) in [6.07, 6.45) is 1.62. The molecular formula is C22H23NO5. The van der Waals surface area contributed by atoms with Gasteiger partial charge >= 0.3 is 5.97 Å². The van der Waals surface area contributed by atoms with Crippen molar-refractivity contribution in [2.45, 2.75) is 27.3 Å². The Morgan fingerprint density at radius 2 is 1.86 bits per heavy atom. The first kappa shape index (κ1) is 19.5. The van der Waals surface area contributed by atoms with Gasteiger partial charge in [-0.1, -0.05) is 0 Å². The molecule has 0 N–H and O–H groups in total. The first-order chi connectivity index (χ1) is 13.5. The number of Topliss-reactive ketones (excluding diaryl/α,β-unsaturated/α-hetero) is 1. The monoisotopic (exact) mass is 381 g/mol. The summed E-state index contributed by atoms with van der Waals surface area (Å²) in [7, 11) is 0. The smallest absolute Gasteiger partial charge is 0.338 e. The van der Waals surface area contributed by atoms with E-state index in [1.54, 1.807) is 30.5 Å². The molecule has 3 aromatic rings. The van der Waals surface area contributed by atoms with Crippen molar-refractivity contribution in [1.82, 2.24) is 4.57 Å². The van der Waals surface area contributed by atoms with Crippen LogP contribution in [0.2, 0.25) is 0 Å². The fourth-order valence-corrected chi connectivity index (χ4v) is 3.03. The molecule has 0 saturated carbocycles. The van der Waals surface area contributed by atoms with Crippen LogP contribution in [0, 0.1) is 13.8 Å². The van der Waals surface area contributed by atoms with Crippen molar-refractivity contribution in [3.8, 4) is 5.75 Å². The summed E-state index contributed by atoms with van der Waals surface area (Å²) < 4.78 is 17.9. The molecule has 0 amide bonds. The van der Waals surface area contributed by atoms with Gasteiger partial charge in [-0.05, 0) is 63.2 Å². The number of furan rings is 1. The molecule has 0 radical (unpaired) electrons. The summed E-state index contributed by atoms with van der Waals surface area (Å²) in [6.45, 7) is 6.48. The Bertz CT molecular complexity index is 952. The Labute approximate surface area is 163 Å². The molecule has 2 aromatic heterocycles. The zero-order valence-electron chi connectivity index (χ0n) is 16.2. The Hall–Kier alpha value is -3.28. The van der Waals surface area contributed by atoms with Crippen LogP contribution < -0.4 is 4.74 Å². The highest BCUT2D eigenvalue weighted by Gasteiger charge is 2.18. The molecule has 0 aliphatic heterocycles. The molecule has 0 saturated heterocycles. The van der Waals surface area contributed by atoms with E-state index in [2.05, 4.69) is 0 Å². The molecule has 0 spiro atoms. The van der Waals surface area contributed by atoms with E-state index >= 15 is 0 Å².